The maximum Gasteiger partial charge on any atom is 0.466 e. The van der Waals surface area contributed by atoms with Crippen molar-refractivity contribution in [2.24, 2.45) is 0 Å². The number of hydrogen-bond donors (Lipinski definition) is 4. The fraction of sp³-hybridized carbons (Fsp3) is 0.111. The number of hydrogen-bond acceptors (Lipinski definition) is 2. The summed E-state index contributed by atoms with van der Waals surface area (Å²) in [7, 11) is -4.64. The van der Waals surface area contributed by atoms with Crippen LogP contribution in [0.2, 0.25) is 0 Å². The first-order valence-electron chi connectivity index (χ1n) is 4.04. The van der Waals surface area contributed by atoms with Crippen molar-refractivity contribution >= 4 is 13.9 Å². The zero-order valence-corrected chi connectivity index (χ0v) is 8.79. The molecule has 0 saturated heterocycles. The van der Waals surface area contributed by atoms with Gasteiger partial charge in [0.2, 0.25) is 0 Å². The fourth-order valence-electron chi connectivity index (χ4n) is 0.753. The minimum absolute atomic E-state index is 0.106. The van der Waals surface area contributed by atoms with E-state index >= 15 is 0 Å². The number of aliphatic hydroxyl groups excluding tert-OH is 1. The van der Waals surface area contributed by atoms with Gasteiger partial charge in [0.1, 0.15) is 0 Å². The summed E-state index contributed by atoms with van der Waals surface area (Å²) in [5.41, 5.74) is 1.12. The van der Waals surface area contributed by atoms with E-state index in [1.54, 1.807) is 6.08 Å². The summed E-state index contributed by atoms with van der Waals surface area (Å²) in [6.07, 6.45) is 3.61. The molecule has 1 rings (SSSR count). The monoisotopic (exact) mass is 232 g/mol. The van der Waals surface area contributed by atoms with E-state index in [-0.39, 0.29) is 6.61 Å². The van der Waals surface area contributed by atoms with Crippen LogP contribution in [0.5, 0.6) is 0 Å². The van der Waals surface area contributed by atoms with Crippen LogP contribution in [0.1, 0.15) is 5.56 Å². The highest BCUT2D eigenvalue weighted by Gasteiger charge is 2.00. The molecule has 0 unspecified atom stereocenters. The molecule has 84 valence electrons. The summed E-state index contributed by atoms with van der Waals surface area (Å²) in [4.78, 5) is 21.6. The lowest BCUT2D eigenvalue weighted by Gasteiger charge is -1.88. The Morgan fingerprint density at radius 2 is 1.60 bits per heavy atom. The lowest BCUT2D eigenvalue weighted by molar-refractivity contribution is 0.275. The molecule has 4 N–H and O–H groups in total. The Morgan fingerprint density at radius 1 is 1.13 bits per heavy atom. The van der Waals surface area contributed by atoms with Crippen LogP contribution in [0.25, 0.3) is 6.08 Å². The molecule has 0 amide bonds. The van der Waals surface area contributed by atoms with Crippen LogP contribution in [0.4, 0.5) is 0 Å². The minimum Gasteiger partial charge on any atom is -0.392 e. The van der Waals surface area contributed by atoms with Gasteiger partial charge in [0, 0.05) is 0 Å². The van der Waals surface area contributed by atoms with Crippen LogP contribution in [-0.2, 0) is 4.57 Å². The van der Waals surface area contributed by atoms with Gasteiger partial charge in [0.05, 0.1) is 6.61 Å². The van der Waals surface area contributed by atoms with Gasteiger partial charge in [0.25, 0.3) is 0 Å². The highest BCUT2D eigenvalue weighted by molar-refractivity contribution is 7.45. The van der Waals surface area contributed by atoms with Gasteiger partial charge in [0.15, 0.2) is 0 Å². The maximum atomic E-state index is 8.88. The summed E-state index contributed by atoms with van der Waals surface area (Å²) >= 11 is 0. The van der Waals surface area contributed by atoms with Crippen LogP contribution < -0.4 is 0 Å². The van der Waals surface area contributed by atoms with Gasteiger partial charge < -0.3 is 19.8 Å². The summed E-state index contributed by atoms with van der Waals surface area (Å²) < 4.78 is 8.88. The number of phosphoric acid groups is 1. The maximum absolute atomic E-state index is 8.88. The van der Waals surface area contributed by atoms with Gasteiger partial charge in [-0.1, -0.05) is 42.5 Å². The van der Waals surface area contributed by atoms with Gasteiger partial charge >= 0.3 is 7.82 Å². The van der Waals surface area contributed by atoms with Gasteiger partial charge in [-0.3, -0.25) is 0 Å². The Hall–Kier alpha value is -0.970. The van der Waals surface area contributed by atoms with E-state index in [0.29, 0.717) is 0 Å². The molecule has 0 atom stereocenters. The summed E-state index contributed by atoms with van der Waals surface area (Å²) in [6, 6.07) is 9.89. The Morgan fingerprint density at radius 3 is 2.00 bits per heavy atom. The molecule has 0 spiro atoms. The molecule has 0 aliphatic carbocycles. The van der Waals surface area contributed by atoms with Crippen LogP contribution >= 0.6 is 7.82 Å². The zero-order valence-electron chi connectivity index (χ0n) is 7.89. The van der Waals surface area contributed by atoms with E-state index < -0.39 is 7.82 Å². The molecular formula is C9H13O5P. The molecule has 0 heterocycles. The third-order valence-corrected chi connectivity index (χ3v) is 1.22. The number of rotatable bonds is 2. The molecule has 6 heteroatoms. The molecule has 0 aliphatic heterocycles. The average molecular weight is 232 g/mol. The fourth-order valence-corrected chi connectivity index (χ4v) is 0.753. The Bertz CT molecular complexity index is 321. The van der Waals surface area contributed by atoms with E-state index in [2.05, 4.69) is 0 Å². The van der Waals surface area contributed by atoms with Crippen molar-refractivity contribution in [2.75, 3.05) is 6.61 Å². The van der Waals surface area contributed by atoms with Gasteiger partial charge in [-0.25, -0.2) is 4.57 Å². The first kappa shape index (κ1) is 14.0. The Kier molecular flexibility index (Phi) is 6.86. The second kappa shape index (κ2) is 7.34. The van der Waals surface area contributed by atoms with Crippen molar-refractivity contribution in [1.82, 2.24) is 0 Å². The molecule has 5 nitrogen and oxygen atoms in total. The van der Waals surface area contributed by atoms with Gasteiger partial charge in [-0.15, -0.1) is 0 Å². The molecule has 0 bridgehead atoms. The first-order chi connectivity index (χ1) is 6.93. The lowest BCUT2D eigenvalue weighted by Crippen LogP contribution is -1.72. The van der Waals surface area contributed by atoms with Crippen molar-refractivity contribution < 1.29 is 24.4 Å². The molecular weight excluding hydrogens is 219 g/mol. The quantitative estimate of drug-likeness (QED) is 0.564. The van der Waals surface area contributed by atoms with E-state index in [4.69, 9.17) is 24.4 Å². The molecule has 0 radical (unpaired) electrons. The first-order valence-corrected chi connectivity index (χ1v) is 5.60. The van der Waals surface area contributed by atoms with Gasteiger partial charge in [-0.05, 0) is 5.56 Å². The lowest BCUT2D eigenvalue weighted by atomic mass is 10.2. The molecule has 0 aliphatic rings. The average Bonchev–Trinajstić information content (AvgIpc) is 2.14. The molecule has 1 aromatic carbocycles. The molecule has 15 heavy (non-hydrogen) atoms. The Labute approximate surface area is 87.6 Å². The van der Waals surface area contributed by atoms with Crippen molar-refractivity contribution in [3.05, 3.63) is 42.0 Å². The van der Waals surface area contributed by atoms with Crippen molar-refractivity contribution in [2.45, 2.75) is 0 Å². The highest BCUT2D eigenvalue weighted by atomic mass is 31.2. The normalized spacial score (nSPS) is 10.9. The van der Waals surface area contributed by atoms with Crippen molar-refractivity contribution in [3.8, 4) is 0 Å². The standard InChI is InChI=1S/C9H10O.H3O4P/c10-8-4-7-9-5-2-1-3-6-9;1-5(2,3)4/h1-7,10H,8H2;(H3,1,2,3,4). The van der Waals surface area contributed by atoms with E-state index in [0.717, 1.165) is 5.56 Å². The van der Waals surface area contributed by atoms with Crippen LogP contribution in [0.3, 0.4) is 0 Å². The zero-order chi connectivity index (χ0) is 11.7. The third kappa shape index (κ3) is 13.0. The third-order valence-electron chi connectivity index (χ3n) is 1.22. The Balaban J connectivity index is 0.000000336. The SMILES string of the molecule is O=P(O)(O)O.OCC=Cc1ccccc1. The minimum atomic E-state index is -4.64. The summed E-state index contributed by atoms with van der Waals surface area (Å²) in [6.45, 7) is 0.106. The van der Waals surface area contributed by atoms with Crippen LogP contribution in [0.15, 0.2) is 36.4 Å². The highest BCUT2D eigenvalue weighted by Crippen LogP contribution is 2.25. The van der Waals surface area contributed by atoms with Gasteiger partial charge in [-0.2, -0.15) is 0 Å². The second-order valence-corrected chi connectivity index (χ2v) is 3.54. The van der Waals surface area contributed by atoms with Crippen molar-refractivity contribution in [3.63, 3.8) is 0 Å². The van der Waals surface area contributed by atoms with E-state index in [9.17, 15) is 0 Å². The molecule has 0 saturated carbocycles. The summed E-state index contributed by atoms with van der Waals surface area (Å²) in [5.74, 6) is 0. The molecule has 0 fully saturated rings. The van der Waals surface area contributed by atoms with Crippen LogP contribution in [-0.4, -0.2) is 26.4 Å². The number of benzene rings is 1. The largest absolute Gasteiger partial charge is 0.466 e. The number of aliphatic hydroxyl groups is 1. The van der Waals surface area contributed by atoms with Crippen molar-refractivity contribution in [1.29, 1.82) is 0 Å². The molecule has 1 aromatic rings. The summed E-state index contributed by atoms with van der Waals surface area (Å²) in [5, 5.41) is 8.44. The second-order valence-electron chi connectivity index (χ2n) is 2.51. The topological polar surface area (TPSA) is 98.0 Å². The predicted octanol–water partition coefficient (Wildman–Crippen LogP) is 0.763. The smallest absolute Gasteiger partial charge is 0.392 e. The molecule has 0 aromatic heterocycles. The van der Waals surface area contributed by atoms with E-state index in [1.807, 2.05) is 36.4 Å². The predicted molar refractivity (Wildman–Crippen MR) is 56.8 cm³/mol. The van der Waals surface area contributed by atoms with Crippen LogP contribution in [0, 0.1) is 0 Å². The van der Waals surface area contributed by atoms with E-state index in [1.165, 1.54) is 0 Å².